The highest BCUT2D eigenvalue weighted by molar-refractivity contribution is 7.86. The molecule has 0 aromatic heterocycles. The van der Waals surface area contributed by atoms with Crippen LogP contribution >= 0.6 is 0 Å². The second kappa shape index (κ2) is 8.09. The number of halogens is 2. The molecule has 0 saturated heterocycles. The number of hydrogen-bond donors (Lipinski definition) is 0. The van der Waals surface area contributed by atoms with Crippen molar-refractivity contribution in [2.45, 2.75) is 44.8 Å². The van der Waals surface area contributed by atoms with Crippen molar-refractivity contribution < 1.29 is 17.7 Å². The number of rotatable bonds is 6. The third-order valence-corrected chi connectivity index (χ3v) is 6.08. The van der Waals surface area contributed by atoms with Crippen LogP contribution in [0.25, 0.3) is 0 Å². The van der Waals surface area contributed by atoms with Gasteiger partial charge in [-0.15, -0.1) is 0 Å². The minimum absolute atomic E-state index is 0.265. The molecule has 0 heterocycles. The highest BCUT2D eigenvalue weighted by atomic mass is 32.2. The fourth-order valence-electron chi connectivity index (χ4n) is 2.42. The molecule has 2 aromatic rings. The molecule has 25 heavy (non-hydrogen) atoms. The van der Waals surface area contributed by atoms with Crippen molar-refractivity contribution in [1.82, 2.24) is 0 Å². The van der Waals surface area contributed by atoms with E-state index in [1.165, 1.54) is 12.1 Å². The average molecular weight is 366 g/mol. The molecule has 0 saturated carbocycles. The van der Waals surface area contributed by atoms with Crippen LogP contribution in [-0.4, -0.2) is 14.7 Å². The smallest absolute Gasteiger partial charge is 0.198 e. The molecule has 0 N–H and O–H groups in total. The highest BCUT2D eigenvalue weighted by Crippen LogP contribution is 2.34. The Morgan fingerprint density at radius 3 is 2.28 bits per heavy atom. The Morgan fingerprint density at radius 1 is 1.08 bits per heavy atom. The zero-order valence-corrected chi connectivity index (χ0v) is 15.8. The average Bonchev–Trinajstić information content (AvgIpc) is 2.57. The quantitative estimate of drug-likeness (QED) is 0.646. The minimum Gasteiger partial charge on any atom is -0.451 e. The summed E-state index contributed by atoms with van der Waals surface area (Å²) in [5.74, 6) is -1.46. The van der Waals surface area contributed by atoms with Gasteiger partial charge in [-0.1, -0.05) is 31.2 Å². The van der Waals surface area contributed by atoms with E-state index >= 15 is 0 Å². The lowest BCUT2D eigenvalue weighted by Crippen LogP contribution is -2.27. The fourth-order valence-corrected chi connectivity index (χ4v) is 3.70. The SMILES string of the molecule is CC[C@H](C[S@](=O)C(C)(C)C)c1ccc(F)c(Oc2ccccc2)c1F. The predicted octanol–water partition coefficient (Wildman–Crippen LogP) is 5.80. The maximum Gasteiger partial charge on any atom is 0.198 e. The molecule has 136 valence electrons. The van der Waals surface area contributed by atoms with Gasteiger partial charge < -0.3 is 4.74 Å². The molecule has 0 spiro atoms. The van der Waals surface area contributed by atoms with E-state index in [4.69, 9.17) is 4.74 Å². The fraction of sp³-hybridized carbons (Fsp3) is 0.400. The van der Waals surface area contributed by atoms with E-state index in [2.05, 4.69) is 0 Å². The Kier molecular flexibility index (Phi) is 6.33. The van der Waals surface area contributed by atoms with E-state index in [1.54, 1.807) is 30.3 Å². The third kappa shape index (κ3) is 4.88. The largest absolute Gasteiger partial charge is 0.451 e. The topological polar surface area (TPSA) is 26.3 Å². The lowest BCUT2D eigenvalue weighted by Gasteiger charge is -2.23. The van der Waals surface area contributed by atoms with E-state index in [0.717, 1.165) is 0 Å². The monoisotopic (exact) mass is 366 g/mol. The summed E-state index contributed by atoms with van der Waals surface area (Å²) in [5.41, 5.74) is 0.340. The molecule has 2 nitrogen and oxygen atoms in total. The Morgan fingerprint density at radius 2 is 1.72 bits per heavy atom. The molecule has 0 fully saturated rings. The number of para-hydroxylation sites is 1. The standard InChI is InChI=1S/C20H24F2O2S/c1-5-14(13-25(23)20(2,3)4)16-11-12-17(21)19(18(16)22)24-15-9-7-6-8-10-15/h6-12,14H,5,13H2,1-4H3/t14-,25+/m1/s1. The second-order valence-electron chi connectivity index (χ2n) is 6.92. The molecular weight excluding hydrogens is 342 g/mol. The van der Waals surface area contributed by atoms with Crippen molar-refractivity contribution in [3.63, 3.8) is 0 Å². The molecule has 2 aromatic carbocycles. The summed E-state index contributed by atoms with van der Waals surface area (Å²) in [5, 5.41) is 0. The predicted molar refractivity (Wildman–Crippen MR) is 98.7 cm³/mol. The zero-order chi connectivity index (χ0) is 18.6. The van der Waals surface area contributed by atoms with Crippen molar-refractivity contribution in [2.75, 3.05) is 5.75 Å². The van der Waals surface area contributed by atoms with Crippen LogP contribution in [0.3, 0.4) is 0 Å². The van der Waals surface area contributed by atoms with Crippen LogP contribution in [0.15, 0.2) is 42.5 Å². The number of ether oxygens (including phenoxy) is 1. The van der Waals surface area contributed by atoms with Gasteiger partial charge in [0.2, 0.25) is 0 Å². The van der Waals surface area contributed by atoms with Gasteiger partial charge in [0.1, 0.15) is 5.75 Å². The van der Waals surface area contributed by atoms with Gasteiger partial charge in [0.25, 0.3) is 0 Å². The molecule has 0 unspecified atom stereocenters. The number of benzene rings is 2. The van der Waals surface area contributed by atoms with Crippen molar-refractivity contribution in [1.29, 1.82) is 0 Å². The Hall–Kier alpha value is -1.75. The maximum absolute atomic E-state index is 14.9. The summed E-state index contributed by atoms with van der Waals surface area (Å²) < 4.78 is 46.5. The van der Waals surface area contributed by atoms with Gasteiger partial charge in [0, 0.05) is 21.3 Å². The lowest BCUT2D eigenvalue weighted by atomic mass is 9.97. The molecule has 0 aliphatic rings. The molecular formula is C20H24F2O2S. The molecule has 0 aliphatic carbocycles. The van der Waals surface area contributed by atoms with Crippen molar-refractivity contribution in [3.05, 3.63) is 59.7 Å². The summed E-state index contributed by atoms with van der Waals surface area (Å²) in [7, 11) is -1.13. The summed E-state index contributed by atoms with van der Waals surface area (Å²) in [6, 6.07) is 11.2. The lowest BCUT2D eigenvalue weighted by molar-refractivity contribution is 0.401. The van der Waals surface area contributed by atoms with Gasteiger partial charge in [-0.05, 0) is 56.9 Å². The summed E-state index contributed by atoms with van der Waals surface area (Å²) in [4.78, 5) is 0. The van der Waals surface area contributed by atoms with Crippen LogP contribution in [0.2, 0.25) is 0 Å². The van der Waals surface area contributed by atoms with Crippen molar-refractivity contribution >= 4 is 10.8 Å². The van der Waals surface area contributed by atoms with Crippen LogP contribution in [-0.2, 0) is 10.8 Å². The van der Waals surface area contributed by atoms with Gasteiger partial charge in [-0.3, -0.25) is 4.21 Å². The normalized spacial score (nSPS) is 14.2. The summed E-state index contributed by atoms with van der Waals surface area (Å²) in [6.45, 7) is 7.58. The van der Waals surface area contributed by atoms with Gasteiger partial charge in [-0.2, -0.15) is 0 Å². The van der Waals surface area contributed by atoms with Crippen LogP contribution in [0.4, 0.5) is 8.78 Å². The van der Waals surface area contributed by atoms with Crippen molar-refractivity contribution in [3.8, 4) is 11.5 Å². The van der Waals surface area contributed by atoms with E-state index in [0.29, 0.717) is 23.5 Å². The number of hydrogen-bond acceptors (Lipinski definition) is 2. The molecule has 2 rings (SSSR count). The molecule has 0 amide bonds. The van der Waals surface area contributed by atoms with E-state index in [9.17, 15) is 13.0 Å². The molecule has 2 atom stereocenters. The van der Waals surface area contributed by atoms with Crippen LogP contribution in [0.5, 0.6) is 11.5 Å². The van der Waals surface area contributed by atoms with Gasteiger partial charge in [0.05, 0.1) is 0 Å². The van der Waals surface area contributed by atoms with E-state index in [-0.39, 0.29) is 10.7 Å². The first kappa shape index (κ1) is 19.6. The van der Waals surface area contributed by atoms with Gasteiger partial charge in [0.15, 0.2) is 17.4 Å². The van der Waals surface area contributed by atoms with Crippen LogP contribution < -0.4 is 4.74 Å². The Bertz CT molecular complexity index is 739. The maximum atomic E-state index is 14.9. The molecule has 0 radical (unpaired) electrons. The second-order valence-corrected chi connectivity index (χ2v) is 9.17. The summed E-state index contributed by atoms with van der Waals surface area (Å²) >= 11 is 0. The van der Waals surface area contributed by atoms with Gasteiger partial charge >= 0.3 is 0 Å². The zero-order valence-electron chi connectivity index (χ0n) is 15.0. The Balaban J connectivity index is 2.35. The molecule has 5 heteroatoms. The van der Waals surface area contributed by atoms with Gasteiger partial charge in [-0.25, -0.2) is 8.78 Å². The van der Waals surface area contributed by atoms with Crippen molar-refractivity contribution in [2.24, 2.45) is 0 Å². The molecule has 0 bridgehead atoms. The first-order valence-corrected chi connectivity index (χ1v) is 9.65. The highest BCUT2D eigenvalue weighted by Gasteiger charge is 2.27. The minimum atomic E-state index is -1.13. The first-order valence-electron chi connectivity index (χ1n) is 8.33. The van der Waals surface area contributed by atoms with Crippen LogP contribution in [0, 0.1) is 11.6 Å². The summed E-state index contributed by atoms with van der Waals surface area (Å²) in [6.07, 6.45) is 0.606. The molecule has 0 aliphatic heterocycles. The third-order valence-electron chi connectivity index (χ3n) is 4.01. The first-order chi connectivity index (χ1) is 11.7. The van der Waals surface area contributed by atoms with Crippen LogP contribution in [0.1, 0.15) is 45.6 Å². The van der Waals surface area contributed by atoms with E-state index in [1.807, 2.05) is 27.7 Å². The van der Waals surface area contributed by atoms with E-state index < -0.39 is 28.2 Å². The Labute approximate surface area is 150 Å².